The number of pyridine rings is 1. The van der Waals surface area contributed by atoms with E-state index in [0.29, 0.717) is 28.7 Å². The molecule has 0 unspecified atom stereocenters. The number of amides is 1. The number of aryl methyl sites for hydroxylation is 1. The first kappa shape index (κ1) is 17.8. The van der Waals surface area contributed by atoms with Gasteiger partial charge in [-0.2, -0.15) is 5.10 Å². The zero-order valence-corrected chi connectivity index (χ0v) is 15.3. The maximum atomic E-state index is 12.2. The predicted molar refractivity (Wildman–Crippen MR) is 102 cm³/mol. The standard InChI is InChI=1S/C18H19N5O2S/c1-12-3-5-13(6-4-12)17-21-22-18(26)23(17)10-9-15(24)20-14-7-8-16(25-2)19-11-14/h3-8,11H,9-10H2,1-2H3,(H,20,24)(H,22,26). The monoisotopic (exact) mass is 369 g/mol. The number of ether oxygens (including phenoxy) is 1. The molecule has 2 aromatic heterocycles. The lowest BCUT2D eigenvalue weighted by molar-refractivity contribution is -0.116. The van der Waals surface area contributed by atoms with Gasteiger partial charge in [0, 0.05) is 24.6 Å². The van der Waals surface area contributed by atoms with Gasteiger partial charge in [0.15, 0.2) is 10.6 Å². The van der Waals surface area contributed by atoms with Crippen LogP contribution in [0.1, 0.15) is 12.0 Å². The molecule has 0 saturated heterocycles. The number of rotatable bonds is 6. The van der Waals surface area contributed by atoms with Gasteiger partial charge in [-0.3, -0.25) is 14.5 Å². The number of H-pyrrole nitrogens is 1. The minimum atomic E-state index is -0.130. The number of hydrogen-bond acceptors (Lipinski definition) is 5. The molecule has 1 amide bonds. The van der Waals surface area contributed by atoms with Crippen molar-refractivity contribution >= 4 is 23.8 Å². The highest BCUT2D eigenvalue weighted by molar-refractivity contribution is 7.71. The molecule has 3 aromatic rings. The molecular formula is C18H19N5O2S. The van der Waals surface area contributed by atoms with Gasteiger partial charge in [-0.25, -0.2) is 4.98 Å². The van der Waals surface area contributed by atoms with Crippen LogP contribution in [0.5, 0.6) is 5.88 Å². The van der Waals surface area contributed by atoms with Crippen LogP contribution < -0.4 is 10.1 Å². The van der Waals surface area contributed by atoms with E-state index < -0.39 is 0 Å². The Hall–Kier alpha value is -3.00. The van der Waals surface area contributed by atoms with Crippen LogP contribution in [0, 0.1) is 11.7 Å². The molecular weight excluding hydrogens is 350 g/mol. The molecule has 0 aliphatic rings. The van der Waals surface area contributed by atoms with Crippen LogP contribution >= 0.6 is 12.2 Å². The maximum absolute atomic E-state index is 12.2. The highest BCUT2D eigenvalue weighted by atomic mass is 32.1. The summed E-state index contributed by atoms with van der Waals surface area (Å²) in [5.74, 6) is 1.08. The SMILES string of the molecule is COc1ccc(NC(=O)CCn2c(-c3ccc(C)cc3)n[nH]c2=S)cn1. The van der Waals surface area contributed by atoms with Crippen LogP contribution in [-0.4, -0.2) is 32.8 Å². The lowest BCUT2D eigenvalue weighted by Gasteiger charge is -2.08. The number of anilines is 1. The van der Waals surface area contributed by atoms with Crippen molar-refractivity contribution in [2.24, 2.45) is 0 Å². The van der Waals surface area contributed by atoms with Crippen LogP contribution in [0.25, 0.3) is 11.4 Å². The second-order valence-electron chi connectivity index (χ2n) is 5.76. The molecule has 0 fully saturated rings. The van der Waals surface area contributed by atoms with E-state index in [0.717, 1.165) is 5.56 Å². The minimum Gasteiger partial charge on any atom is -0.481 e. The zero-order chi connectivity index (χ0) is 18.5. The van der Waals surface area contributed by atoms with Crippen molar-refractivity contribution in [3.63, 3.8) is 0 Å². The summed E-state index contributed by atoms with van der Waals surface area (Å²) in [5.41, 5.74) is 2.73. The second-order valence-corrected chi connectivity index (χ2v) is 6.14. The first-order valence-electron chi connectivity index (χ1n) is 8.09. The number of nitrogens with zero attached hydrogens (tertiary/aromatic N) is 3. The van der Waals surface area contributed by atoms with E-state index in [-0.39, 0.29) is 12.3 Å². The van der Waals surface area contributed by atoms with Crippen LogP contribution in [-0.2, 0) is 11.3 Å². The van der Waals surface area contributed by atoms with Gasteiger partial charge >= 0.3 is 0 Å². The van der Waals surface area contributed by atoms with Crippen molar-refractivity contribution in [2.45, 2.75) is 19.9 Å². The summed E-state index contributed by atoms with van der Waals surface area (Å²) in [6, 6.07) is 11.4. The van der Waals surface area contributed by atoms with E-state index in [1.54, 1.807) is 25.4 Å². The van der Waals surface area contributed by atoms with Gasteiger partial charge in [-0.05, 0) is 25.2 Å². The third-order valence-corrected chi connectivity index (χ3v) is 4.17. The smallest absolute Gasteiger partial charge is 0.226 e. The van der Waals surface area contributed by atoms with Crippen molar-refractivity contribution in [3.8, 4) is 17.3 Å². The average Bonchev–Trinajstić information content (AvgIpc) is 3.02. The first-order valence-corrected chi connectivity index (χ1v) is 8.50. The Labute approximate surface area is 156 Å². The molecule has 2 heterocycles. The fourth-order valence-corrected chi connectivity index (χ4v) is 2.68. The predicted octanol–water partition coefficient (Wildman–Crippen LogP) is 3.35. The van der Waals surface area contributed by atoms with Gasteiger partial charge in [-0.1, -0.05) is 29.8 Å². The number of carbonyl (C=O) groups is 1. The first-order chi connectivity index (χ1) is 12.6. The summed E-state index contributed by atoms with van der Waals surface area (Å²) in [7, 11) is 1.54. The highest BCUT2D eigenvalue weighted by Gasteiger charge is 2.11. The molecule has 2 N–H and O–H groups in total. The van der Waals surface area contributed by atoms with E-state index in [4.69, 9.17) is 17.0 Å². The Bertz CT molecular complexity index is 945. The molecule has 0 aliphatic carbocycles. The minimum absolute atomic E-state index is 0.130. The van der Waals surface area contributed by atoms with Gasteiger partial charge in [0.05, 0.1) is 19.0 Å². The van der Waals surface area contributed by atoms with E-state index in [1.807, 2.05) is 35.8 Å². The van der Waals surface area contributed by atoms with Crippen LogP contribution in [0.2, 0.25) is 0 Å². The molecule has 0 aliphatic heterocycles. The Morgan fingerprint density at radius 2 is 2.04 bits per heavy atom. The third-order valence-electron chi connectivity index (χ3n) is 3.86. The maximum Gasteiger partial charge on any atom is 0.226 e. The van der Waals surface area contributed by atoms with Crippen molar-refractivity contribution < 1.29 is 9.53 Å². The molecule has 1 aromatic carbocycles. The van der Waals surface area contributed by atoms with Crippen molar-refractivity contribution in [1.82, 2.24) is 19.7 Å². The molecule has 7 nitrogen and oxygen atoms in total. The van der Waals surface area contributed by atoms with Gasteiger partial charge in [0.2, 0.25) is 11.8 Å². The van der Waals surface area contributed by atoms with Crippen molar-refractivity contribution in [1.29, 1.82) is 0 Å². The van der Waals surface area contributed by atoms with Crippen LogP contribution in [0.15, 0.2) is 42.6 Å². The molecule has 0 saturated carbocycles. The number of nitrogens with one attached hydrogen (secondary N) is 2. The topological polar surface area (TPSA) is 84.8 Å². The van der Waals surface area contributed by atoms with Crippen molar-refractivity contribution in [3.05, 3.63) is 52.9 Å². The fraction of sp³-hybridized carbons (Fsp3) is 0.222. The molecule has 0 spiro atoms. The normalized spacial score (nSPS) is 10.5. The van der Waals surface area contributed by atoms with E-state index in [2.05, 4.69) is 20.5 Å². The summed E-state index contributed by atoms with van der Waals surface area (Å²) < 4.78 is 7.31. The van der Waals surface area contributed by atoms with Gasteiger partial charge in [0.1, 0.15) is 0 Å². The molecule has 0 bridgehead atoms. The molecule has 8 heteroatoms. The highest BCUT2D eigenvalue weighted by Crippen LogP contribution is 2.18. The average molecular weight is 369 g/mol. The van der Waals surface area contributed by atoms with Gasteiger partial charge in [-0.15, -0.1) is 0 Å². The Morgan fingerprint density at radius 1 is 1.27 bits per heavy atom. The number of benzene rings is 1. The van der Waals surface area contributed by atoms with Gasteiger partial charge in [0.25, 0.3) is 0 Å². The summed E-state index contributed by atoms with van der Waals surface area (Å²) in [6.45, 7) is 2.45. The lowest BCUT2D eigenvalue weighted by atomic mass is 10.1. The number of aromatic amines is 1. The number of carbonyl (C=O) groups excluding carboxylic acids is 1. The summed E-state index contributed by atoms with van der Waals surface area (Å²) in [6.07, 6.45) is 1.82. The Balaban J connectivity index is 1.67. The Morgan fingerprint density at radius 3 is 2.69 bits per heavy atom. The van der Waals surface area contributed by atoms with Crippen LogP contribution in [0.3, 0.4) is 0 Å². The fourth-order valence-electron chi connectivity index (χ4n) is 2.46. The van der Waals surface area contributed by atoms with Crippen molar-refractivity contribution in [2.75, 3.05) is 12.4 Å². The second kappa shape index (κ2) is 7.92. The summed E-state index contributed by atoms with van der Waals surface area (Å²) in [5, 5.41) is 9.89. The molecule has 0 atom stereocenters. The summed E-state index contributed by atoms with van der Waals surface area (Å²) >= 11 is 5.30. The molecule has 3 rings (SSSR count). The van der Waals surface area contributed by atoms with Gasteiger partial charge < -0.3 is 10.1 Å². The Kier molecular flexibility index (Phi) is 5.43. The number of methoxy groups -OCH3 is 1. The number of aromatic nitrogens is 4. The summed E-state index contributed by atoms with van der Waals surface area (Å²) in [4.78, 5) is 16.3. The molecule has 0 radical (unpaired) electrons. The van der Waals surface area contributed by atoms with E-state index in [9.17, 15) is 4.79 Å². The van der Waals surface area contributed by atoms with Crippen LogP contribution in [0.4, 0.5) is 5.69 Å². The quantitative estimate of drug-likeness (QED) is 0.651. The largest absolute Gasteiger partial charge is 0.481 e. The zero-order valence-electron chi connectivity index (χ0n) is 14.5. The van der Waals surface area contributed by atoms with E-state index >= 15 is 0 Å². The molecule has 134 valence electrons. The third kappa shape index (κ3) is 4.15. The molecule has 26 heavy (non-hydrogen) atoms. The van der Waals surface area contributed by atoms with E-state index in [1.165, 1.54) is 5.56 Å². The lowest BCUT2D eigenvalue weighted by Crippen LogP contribution is -2.15. The number of hydrogen-bond donors (Lipinski definition) is 2.